The summed E-state index contributed by atoms with van der Waals surface area (Å²) in [5, 5.41) is 15.4. The molecule has 8 heteroatoms. The summed E-state index contributed by atoms with van der Waals surface area (Å²) in [4.78, 5) is 35.7. The summed E-state index contributed by atoms with van der Waals surface area (Å²) in [7, 11) is 0. The van der Waals surface area contributed by atoms with Gasteiger partial charge in [-0.1, -0.05) is 31.1 Å². The fourth-order valence-electron chi connectivity index (χ4n) is 1.45. The van der Waals surface area contributed by atoms with Crippen LogP contribution in [0, 0.1) is 0 Å². The molecule has 1 heterocycles. The van der Waals surface area contributed by atoms with Gasteiger partial charge in [-0.15, -0.1) is 0 Å². The normalized spacial score (nSPS) is 11.8. The number of carbonyl (C=O) groups is 2. The van der Waals surface area contributed by atoms with Gasteiger partial charge >= 0.3 is 16.9 Å². The van der Waals surface area contributed by atoms with E-state index in [4.69, 9.17) is 5.11 Å². The van der Waals surface area contributed by atoms with Crippen molar-refractivity contribution in [3.8, 4) is 0 Å². The van der Waals surface area contributed by atoms with E-state index in [1.54, 1.807) is 5.38 Å². The summed E-state index contributed by atoms with van der Waals surface area (Å²) < 4.78 is 0. The second kappa shape index (κ2) is 7.57. The predicted molar refractivity (Wildman–Crippen MR) is 71.3 cm³/mol. The van der Waals surface area contributed by atoms with Crippen LogP contribution in [0.3, 0.4) is 0 Å². The van der Waals surface area contributed by atoms with Gasteiger partial charge in [0.15, 0.2) is 0 Å². The molecule has 0 aromatic carbocycles. The van der Waals surface area contributed by atoms with Crippen molar-refractivity contribution in [1.29, 1.82) is 0 Å². The van der Waals surface area contributed by atoms with Crippen molar-refractivity contribution in [3.05, 3.63) is 20.7 Å². The molecule has 0 saturated heterocycles. The Morgan fingerprint density at radius 1 is 1.53 bits per heavy atom. The number of hydrogen-bond acceptors (Lipinski definition) is 4. The number of unbranched alkanes of at least 4 members (excludes halogenated alkanes) is 1. The molecule has 0 spiro atoms. The van der Waals surface area contributed by atoms with E-state index in [0.717, 1.165) is 24.2 Å². The van der Waals surface area contributed by atoms with Gasteiger partial charge in [0.1, 0.15) is 6.04 Å². The smallest absolute Gasteiger partial charge is 0.326 e. The van der Waals surface area contributed by atoms with Crippen LogP contribution in [-0.4, -0.2) is 28.1 Å². The lowest BCUT2D eigenvalue weighted by Crippen LogP contribution is -2.45. The van der Waals surface area contributed by atoms with Crippen LogP contribution in [0.4, 0.5) is 4.79 Å². The molecule has 0 aliphatic rings. The van der Waals surface area contributed by atoms with Crippen molar-refractivity contribution >= 4 is 23.3 Å². The van der Waals surface area contributed by atoms with E-state index in [-0.39, 0.29) is 11.4 Å². The average molecular weight is 287 g/mol. The van der Waals surface area contributed by atoms with E-state index >= 15 is 0 Å². The lowest BCUT2D eigenvalue weighted by Gasteiger charge is -2.14. The summed E-state index contributed by atoms with van der Waals surface area (Å²) >= 11 is 1.01. The summed E-state index contributed by atoms with van der Waals surface area (Å²) in [6.45, 7) is 2.11. The number of nitrogens with one attached hydrogen (secondary N) is 3. The minimum Gasteiger partial charge on any atom is -0.480 e. The molecule has 19 heavy (non-hydrogen) atoms. The van der Waals surface area contributed by atoms with E-state index in [0.29, 0.717) is 12.1 Å². The van der Waals surface area contributed by atoms with Crippen LogP contribution < -0.4 is 15.5 Å². The lowest BCUT2D eigenvalue weighted by molar-refractivity contribution is -0.139. The zero-order valence-electron chi connectivity index (χ0n) is 10.6. The third-order valence-corrected chi connectivity index (χ3v) is 3.18. The monoisotopic (exact) mass is 287 g/mol. The van der Waals surface area contributed by atoms with E-state index < -0.39 is 18.0 Å². The number of rotatable bonds is 7. The Balaban J connectivity index is 2.39. The zero-order valence-corrected chi connectivity index (χ0v) is 11.4. The largest absolute Gasteiger partial charge is 0.480 e. The number of carboxylic acids is 1. The molecule has 1 rings (SSSR count). The number of aliphatic carboxylic acids is 1. The highest BCUT2D eigenvalue weighted by molar-refractivity contribution is 7.07. The van der Waals surface area contributed by atoms with Crippen LogP contribution in [0.25, 0.3) is 0 Å². The molecule has 7 nitrogen and oxygen atoms in total. The molecule has 0 aliphatic carbocycles. The third kappa shape index (κ3) is 5.56. The number of urea groups is 1. The van der Waals surface area contributed by atoms with Gasteiger partial charge < -0.3 is 20.7 Å². The SMILES string of the molecule is CCCC[C@H](NC(=O)NCc1csc(=O)[nH]1)C(=O)O. The van der Waals surface area contributed by atoms with Crippen molar-refractivity contribution in [1.82, 2.24) is 15.6 Å². The average Bonchev–Trinajstić information content (AvgIpc) is 2.77. The van der Waals surface area contributed by atoms with Gasteiger partial charge in [0.2, 0.25) is 0 Å². The molecule has 1 aromatic rings. The van der Waals surface area contributed by atoms with Gasteiger partial charge in [0.05, 0.1) is 6.54 Å². The number of H-pyrrole nitrogens is 1. The van der Waals surface area contributed by atoms with Gasteiger partial charge in [-0.3, -0.25) is 4.79 Å². The molecule has 0 aliphatic heterocycles. The van der Waals surface area contributed by atoms with E-state index in [2.05, 4.69) is 15.6 Å². The maximum Gasteiger partial charge on any atom is 0.326 e. The van der Waals surface area contributed by atoms with Gasteiger partial charge in [0.25, 0.3) is 0 Å². The van der Waals surface area contributed by atoms with Gasteiger partial charge in [0, 0.05) is 11.1 Å². The Morgan fingerprint density at radius 3 is 2.79 bits per heavy atom. The Kier molecular flexibility index (Phi) is 6.07. The van der Waals surface area contributed by atoms with Crippen LogP contribution >= 0.6 is 11.3 Å². The highest BCUT2D eigenvalue weighted by atomic mass is 32.1. The molecule has 0 unspecified atom stereocenters. The first-order valence-corrected chi connectivity index (χ1v) is 6.84. The second-order valence-electron chi connectivity index (χ2n) is 4.03. The highest BCUT2D eigenvalue weighted by Crippen LogP contribution is 2.01. The number of aromatic nitrogens is 1. The first kappa shape index (κ1) is 15.2. The third-order valence-electron chi connectivity index (χ3n) is 2.46. The second-order valence-corrected chi connectivity index (χ2v) is 4.88. The Labute approximate surface area is 114 Å². The van der Waals surface area contributed by atoms with Crippen LogP contribution in [0.15, 0.2) is 10.2 Å². The first-order valence-electron chi connectivity index (χ1n) is 5.96. The highest BCUT2D eigenvalue weighted by Gasteiger charge is 2.18. The molecule has 0 saturated carbocycles. The summed E-state index contributed by atoms with van der Waals surface area (Å²) in [6.07, 6.45) is 1.99. The molecular formula is C11H17N3O4S. The number of aromatic amines is 1. The summed E-state index contributed by atoms with van der Waals surface area (Å²) in [5.74, 6) is -1.05. The molecule has 1 atom stereocenters. The van der Waals surface area contributed by atoms with Gasteiger partial charge in [-0.2, -0.15) is 0 Å². The predicted octanol–water partition coefficient (Wildman–Crippen LogP) is 0.879. The van der Waals surface area contributed by atoms with Gasteiger partial charge in [-0.05, 0) is 6.42 Å². The van der Waals surface area contributed by atoms with Gasteiger partial charge in [-0.25, -0.2) is 9.59 Å². The maximum atomic E-state index is 11.5. The van der Waals surface area contributed by atoms with Crippen LogP contribution in [0.2, 0.25) is 0 Å². The fourth-order valence-corrected chi connectivity index (χ4v) is 2.03. The van der Waals surface area contributed by atoms with E-state index in [9.17, 15) is 14.4 Å². The molecular weight excluding hydrogens is 270 g/mol. The fraction of sp³-hybridized carbons (Fsp3) is 0.545. The molecule has 0 fully saturated rings. The lowest BCUT2D eigenvalue weighted by atomic mass is 10.1. The Morgan fingerprint density at radius 2 is 2.26 bits per heavy atom. The number of carboxylic acid groups (broad SMARTS) is 1. The van der Waals surface area contributed by atoms with Crippen molar-refractivity contribution in [2.24, 2.45) is 0 Å². The summed E-state index contributed by atoms with van der Waals surface area (Å²) in [6, 6.07) is -1.45. The number of hydrogen-bond donors (Lipinski definition) is 4. The first-order chi connectivity index (χ1) is 9.02. The van der Waals surface area contributed by atoms with Crippen molar-refractivity contribution in [3.63, 3.8) is 0 Å². The molecule has 106 valence electrons. The van der Waals surface area contributed by atoms with Crippen LogP contribution in [-0.2, 0) is 11.3 Å². The van der Waals surface area contributed by atoms with E-state index in [1.807, 2.05) is 6.92 Å². The number of carbonyl (C=O) groups excluding carboxylic acids is 1. The number of amides is 2. The molecule has 0 bridgehead atoms. The van der Waals surface area contributed by atoms with E-state index in [1.165, 1.54) is 0 Å². The Bertz CT molecular complexity index is 482. The quantitative estimate of drug-likeness (QED) is 0.596. The maximum absolute atomic E-state index is 11.5. The van der Waals surface area contributed by atoms with Crippen LogP contribution in [0.1, 0.15) is 31.9 Å². The minimum absolute atomic E-state index is 0.157. The molecule has 1 aromatic heterocycles. The minimum atomic E-state index is -1.05. The Hall–Kier alpha value is -1.83. The standard InChI is InChI=1S/C11H17N3O4S/c1-2-3-4-8(9(15)16)14-10(17)12-5-7-6-19-11(18)13-7/h6,8H,2-5H2,1H3,(H,13,18)(H,15,16)(H2,12,14,17)/t8-/m0/s1. The molecule has 4 N–H and O–H groups in total. The van der Waals surface area contributed by atoms with Crippen LogP contribution in [0.5, 0.6) is 0 Å². The van der Waals surface area contributed by atoms with Crippen molar-refractivity contribution in [2.45, 2.75) is 38.8 Å². The topological polar surface area (TPSA) is 111 Å². The molecule has 2 amide bonds. The van der Waals surface area contributed by atoms with Crippen molar-refractivity contribution < 1.29 is 14.7 Å². The number of thiazole rings is 1. The summed E-state index contributed by atoms with van der Waals surface area (Å²) in [5.41, 5.74) is 0.589. The zero-order chi connectivity index (χ0) is 14.3. The van der Waals surface area contributed by atoms with Crippen molar-refractivity contribution in [2.75, 3.05) is 0 Å². The molecule has 0 radical (unpaired) electrons.